The quantitative estimate of drug-likeness (QED) is 0.342. The number of carbonyl (C=O) groups excluding carboxylic acids is 4. The second-order valence-electron chi connectivity index (χ2n) is 16.8. The lowest BCUT2D eigenvalue weighted by molar-refractivity contribution is -0.142. The first kappa shape index (κ1) is 39.3. The lowest BCUT2D eigenvalue weighted by Crippen LogP contribution is -2.59. The molecule has 2 aromatic rings. The van der Waals surface area contributed by atoms with Crippen LogP contribution in [0.25, 0.3) is 10.8 Å². The van der Waals surface area contributed by atoms with Gasteiger partial charge in [-0.05, 0) is 89.5 Å². The summed E-state index contributed by atoms with van der Waals surface area (Å²) < 4.78 is 45.0. The molecule has 1 saturated heterocycles. The number of nitrogens with one attached hydrogen (secondary N) is 3. The number of ether oxygens (including phenoxy) is 3. The van der Waals surface area contributed by atoms with Crippen LogP contribution >= 0.6 is 0 Å². The van der Waals surface area contributed by atoms with E-state index in [1.54, 1.807) is 33.8 Å². The minimum absolute atomic E-state index is 0.0311. The second-order valence-corrected chi connectivity index (χ2v) is 19.0. The van der Waals surface area contributed by atoms with E-state index in [1.807, 2.05) is 43.3 Å². The van der Waals surface area contributed by atoms with Crippen LogP contribution in [0.4, 0.5) is 4.79 Å². The van der Waals surface area contributed by atoms with Crippen LogP contribution in [-0.4, -0.2) is 89.8 Å². The van der Waals surface area contributed by atoms with Gasteiger partial charge in [0.1, 0.15) is 29.3 Å². The standard InChI is InChI=1S/C39H53N5O9S/c1-23-12-8-10-14-26-21-39(26,35(47)43-54(49,50)38(6)16-17-38)42-32(45)29-20-27(52-33-28-15-11-9-13-25(28)19-30(40-33)51-7)22-44(29)34(46)31(24(2)18-23)41-36(48)53-37(3,4)5/h9-11,13-15,19,23-24,26-27,29,31H,8,12,16-18,20-22H2,1-7H3,(H,41,48)(H,42,45)(H,43,47). The Kier molecular flexibility index (Phi) is 10.7. The van der Waals surface area contributed by atoms with E-state index < -0.39 is 73.8 Å². The highest BCUT2D eigenvalue weighted by atomic mass is 32.2. The maximum absolute atomic E-state index is 14.8. The maximum Gasteiger partial charge on any atom is 0.408 e. The van der Waals surface area contributed by atoms with E-state index in [0.717, 1.165) is 11.8 Å². The van der Waals surface area contributed by atoms with Crippen LogP contribution in [0.5, 0.6) is 11.8 Å². The van der Waals surface area contributed by atoms with Gasteiger partial charge in [-0.1, -0.05) is 44.2 Å². The van der Waals surface area contributed by atoms with E-state index in [2.05, 4.69) is 27.3 Å². The molecule has 54 heavy (non-hydrogen) atoms. The van der Waals surface area contributed by atoms with Crippen molar-refractivity contribution in [1.82, 2.24) is 25.2 Å². The molecule has 3 fully saturated rings. The first-order valence-corrected chi connectivity index (χ1v) is 20.3. The van der Waals surface area contributed by atoms with Gasteiger partial charge in [-0.15, -0.1) is 0 Å². The molecule has 0 radical (unpaired) electrons. The monoisotopic (exact) mass is 767 g/mol. The Morgan fingerprint density at radius 2 is 1.81 bits per heavy atom. The van der Waals surface area contributed by atoms with Crippen LogP contribution in [-0.2, 0) is 29.1 Å². The van der Waals surface area contributed by atoms with Gasteiger partial charge in [0.2, 0.25) is 33.6 Å². The van der Waals surface area contributed by atoms with Gasteiger partial charge in [-0.25, -0.2) is 13.2 Å². The summed E-state index contributed by atoms with van der Waals surface area (Å²) >= 11 is 0. The van der Waals surface area contributed by atoms with Crippen LogP contribution in [0.3, 0.4) is 0 Å². The van der Waals surface area contributed by atoms with Crippen molar-refractivity contribution in [3.8, 4) is 11.8 Å². The summed E-state index contributed by atoms with van der Waals surface area (Å²) in [6, 6.07) is 7.07. The number of carbonyl (C=O) groups is 4. The van der Waals surface area contributed by atoms with Crippen molar-refractivity contribution in [3.63, 3.8) is 0 Å². The molecule has 15 heteroatoms. The van der Waals surface area contributed by atoms with Crippen LogP contribution in [0.2, 0.25) is 0 Å². The molecule has 1 aromatic carbocycles. The molecule has 3 N–H and O–H groups in total. The molecule has 7 unspecified atom stereocenters. The number of aromatic nitrogens is 1. The van der Waals surface area contributed by atoms with Gasteiger partial charge in [-0.3, -0.25) is 19.1 Å². The number of fused-ring (bicyclic) bond motifs is 3. The van der Waals surface area contributed by atoms with Crippen molar-refractivity contribution in [2.24, 2.45) is 17.8 Å². The summed E-state index contributed by atoms with van der Waals surface area (Å²) in [7, 11) is -2.50. The molecule has 14 nitrogen and oxygen atoms in total. The van der Waals surface area contributed by atoms with Crippen molar-refractivity contribution < 1.29 is 41.8 Å². The van der Waals surface area contributed by atoms with Gasteiger partial charge >= 0.3 is 6.09 Å². The molecule has 1 aromatic heterocycles. The molecule has 4 amide bonds. The molecule has 3 heterocycles. The smallest absolute Gasteiger partial charge is 0.408 e. The zero-order chi connectivity index (χ0) is 39.2. The van der Waals surface area contributed by atoms with Gasteiger partial charge in [-0.2, -0.15) is 4.98 Å². The zero-order valence-corrected chi connectivity index (χ0v) is 33.0. The number of nitrogens with zero attached hydrogens (tertiary/aromatic N) is 2. The van der Waals surface area contributed by atoms with E-state index in [9.17, 15) is 27.6 Å². The van der Waals surface area contributed by atoms with Crippen LogP contribution in [0, 0.1) is 17.8 Å². The number of hydrogen-bond acceptors (Lipinski definition) is 10. The van der Waals surface area contributed by atoms with Gasteiger partial charge in [0.05, 0.1) is 18.4 Å². The Morgan fingerprint density at radius 1 is 1.09 bits per heavy atom. The van der Waals surface area contributed by atoms with Crippen LogP contribution in [0.15, 0.2) is 42.5 Å². The van der Waals surface area contributed by atoms with Crippen molar-refractivity contribution >= 4 is 44.6 Å². The second kappa shape index (κ2) is 14.7. The molecule has 2 aliphatic carbocycles. The van der Waals surface area contributed by atoms with Crippen molar-refractivity contribution in [2.75, 3.05) is 13.7 Å². The summed E-state index contributed by atoms with van der Waals surface area (Å²) in [5, 5.41) is 7.24. The zero-order valence-electron chi connectivity index (χ0n) is 32.1. The predicted molar refractivity (Wildman–Crippen MR) is 201 cm³/mol. The lowest BCUT2D eigenvalue weighted by Gasteiger charge is -2.33. The molecule has 294 valence electrons. The van der Waals surface area contributed by atoms with Crippen molar-refractivity contribution in [1.29, 1.82) is 0 Å². The largest absolute Gasteiger partial charge is 0.481 e. The Hall–Kier alpha value is -4.40. The molecule has 2 saturated carbocycles. The number of allylic oxidation sites excluding steroid dienone is 1. The normalized spacial score (nSPS) is 29.8. The fraction of sp³-hybridized carbons (Fsp3) is 0.615. The summed E-state index contributed by atoms with van der Waals surface area (Å²) in [4.78, 5) is 62.3. The number of rotatable bonds is 7. The SMILES string of the molecule is COc1cc2ccccc2c(OC2CC3C(=O)NC4(C(=O)NS(=O)(=O)C5(C)CC5)CC4C=CCCC(C)CC(C)C(NC(=O)OC(C)(C)C)C(=O)N3C2)n1. The fourth-order valence-electron chi connectivity index (χ4n) is 7.53. The number of pyridine rings is 1. The Balaban J connectivity index is 1.36. The highest BCUT2D eigenvalue weighted by molar-refractivity contribution is 7.91. The number of sulfonamides is 1. The average molecular weight is 768 g/mol. The number of amides is 4. The van der Waals surface area contributed by atoms with Gasteiger partial charge < -0.3 is 29.7 Å². The number of benzene rings is 1. The van der Waals surface area contributed by atoms with Crippen molar-refractivity contribution in [3.05, 3.63) is 42.5 Å². The minimum Gasteiger partial charge on any atom is -0.481 e. The third-order valence-electron chi connectivity index (χ3n) is 11.1. The van der Waals surface area contributed by atoms with E-state index >= 15 is 0 Å². The van der Waals surface area contributed by atoms with Crippen LogP contribution < -0.4 is 24.8 Å². The minimum atomic E-state index is -4.00. The fourth-order valence-corrected chi connectivity index (χ4v) is 8.84. The van der Waals surface area contributed by atoms with Gasteiger partial charge in [0.15, 0.2) is 0 Å². The summed E-state index contributed by atoms with van der Waals surface area (Å²) in [5.74, 6) is -1.99. The number of methoxy groups -OCH3 is 1. The Bertz CT molecular complexity index is 1940. The molecular weight excluding hydrogens is 715 g/mol. The third-order valence-corrected chi connectivity index (χ3v) is 13.2. The Labute approximate surface area is 317 Å². The highest BCUT2D eigenvalue weighted by Crippen LogP contribution is 2.47. The summed E-state index contributed by atoms with van der Waals surface area (Å²) in [5.41, 5.74) is -2.35. The molecule has 0 spiro atoms. The summed E-state index contributed by atoms with van der Waals surface area (Å²) in [6.45, 7) is 10.7. The van der Waals surface area contributed by atoms with Gasteiger partial charge in [0, 0.05) is 23.8 Å². The number of hydrogen-bond donors (Lipinski definition) is 3. The third kappa shape index (κ3) is 8.30. The van der Waals surface area contributed by atoms with E-state index in [-0.39, 0.29) is 37.1 Å². The molecule has 2 aliphatic heterocycles. The van der Waals surface area contributed by atoms with E-state index in [1.165, 1.54) is 12.0 Å². The molecule has 7 atom stereocenters. The van der Waals surface area contributed by atoms with Gasteiger partial charge in [0.25, 0.3) is 5.91 Å². The predicted octanol–water partition coefficient (Wildman–Crippen LogP) is 4.37. The molecule has 6 rings (SSSR count). The highest BCUT2D eigenvalue weighted by Gasteiger charge is 2.63. The van der Waals surface area contributed by atoms with Crippen LogP contribution in [0.1, 0.15) is 86.5 Å². The lowest BCUT2D eigenvalue weighted by atomic mass is 9.88. The number of alkyl carbamates (subject to hydrolysis) is 1. The Morgan fingerprint density at radius 3 is 2.50 bits per heavy atom. The summed E-state index contributed by atoms with van der Waals surface area (Å²) in [6.07, 6.45) is 5.48. The van der Waals surface area contributed by atoms with E-state index in [0.29, 0.717) is 36.9 Å². The molecular formula is C39H53N5O9S. The molecule has 0 bridgehead atoms. The topological polar surface area (TPSA) is 182 Å². The van der Waals surface area contributed by atoms with E-state index in [4.69, 9.17) is 14.2 Å². The molecule has 4 aliphatic rings. The average Bonchev–Trinajstić information content (AvgIpc) is 3.97. The van der Waals surface area contributed by atoms with Crippen molar-refractivity contribution in [2.45, 2.75) is 121 Å². The first-order chi connectivity index (χ1) is 25.3. The first-order valence-electron chi connectivity index (χ1n) is 18.8. The maximum atomic E-state index is 14.8.